The van der Waals surface area contributed by atoms with Gasteiger partial charge in [-0.05, 0) is 30.7 Å². The van der Waals surface area contributed by atoms with Crippen LogP contribution < -0.4 is 16.4 Å². The van der Waals surface area contributed by atoms with Gasteiger partial charge in [-0.2, -0.15) is 16.9 Å². The number of nitrogens with zero attached hydrogens (tertiary/aromatic N) is 4. The molecule has 28 heavy (non-hydrogen) atoms. The average molecular weight is 403 g/mol. The van der Waals surface area contributed by atoms with Gasteiger partial charge in [-0.1, -0.05) is 6.42 Å². The number of thioether (sulfide) groups is 1. The Morgan fingerprint density at radius 1 is 1.29 bits per heavy atom. The lowest BCUT2D eigenvalue weighted by molar-refractivity contribution is 0.147. The number of aromatic amines is 1. The molecule has 2 aliphatic rings. The van der Waals surface area contributed by atoms with Crippen molar-refractivity contribution >= 4 is 17.6 Å². The minimum Gasteiger partial charge on any atom is -0.364 e. The molecule has 0 bridgehead atoms. The predicted molar refractivity (Wildman–Crippen MR) is 111 cm³/mol. The van der Waals surface area contributed by atoms with Crippen LogP contribution in [0.4, 0.5) is 5.82 Å². The molecule has 0 radical (unpaired) electrons. The maximum absolute atomic E-state index is 12.4. The lowest BCUT2D eigenvalue weighted by Crippen LogP contribution is -2.46. The van der Waals surface area contributed by atoms with Gasteiger partial charge in [0.2, 0.25) is 0 Å². The monoisotopic (exact) mass is 402 g/mol. The zero-order valence-electron chi connectivity index (χ0n) is 15.9. The topological polar surface area (TPSA) is 95.9 Å². The zero-order chi connectivity index (χ0) is 19.3. The number of anilines is 1. The van der Waals surface area contributed by atoms with Gasteiger partial charge >= 0.3 is 0 Å². The standard InChI is InChI=1S/C19H26N6O2S/c26-17-11-14-13-28-10-4-16(14)23-25(17)9-8-24-7-2-1-3-15(24)12-22-18-19(27)21-6-5-20-18/h5-6,11,15H,1-4,7-10,12-13H2,(H,20,22)(H,21,27). The molecule has 4 heterocycles. The van der Waals surface area contributed by atoms with Crippen LogP contribution >= 0.6 is 11.8 Å². The Bertz CT molecular complexity index is 927. The highest BCUT2D eigenvalue weighted by Crippen LogP contribution is 2.21. The molecule has 0 spiro atoms. The summed E-state index contributed by atoms with van der Waals surface area (Å²) in [5, 5.41) is 7.80. The van der Waals surface area contributed by atoms with Gasteiger partial charge < -0.3 is 10.3 Å². The number of aryl methyl sites for hydroxylation is 1. The molecular formula is C19H26N6O2S. The first kappa shape index (κ1) is 19.2. The molecule has 1 unspecified atom stereocenters. The van der Waals surface area contributed by atoms with E-state index in [1.165, 1.54) is 12.6 Å². The Morgan fingerprint density at radius 3 is 3.11 bits per heavy atom. The molecule has 9 heteroatoms. The number of nitrogens with one attached hydrogen (secondary N) is 2. The summed E-state index contributed by atoms with van der Waals surface area (Å²) < 4.78 is 1.62. The summed E-state index contributed by atoms with van der Waals surface area (Å²) in [5.41, 5.74) is 1.96. The minimum absolute atomic E-state index is 0.00652. The van der Waals surface area contributed by atoms with Crippen molar-refractivity contribution < 1.29 is 0 Å². The van der Waals surface area contributed by atoms with Gasteiger partial charge in [0.05, 0.1) is 12.2 Å². The van der Waals surface area contributed by atoms with E-state index in [-0.39, 0.29) is 11.1 Å². The number of rotatable bonds is 6. The lowest BCUT2D eigenvalue weighted by Gasteiger charge is -2.35. The average Bonchev–Trinajstić information content (AvgIpc) is 2.72. The number of fused-ring (bicyclic) bond motifs is 1. The largest absolute Gasteiger partial charge is 0.364 e. The van der Waals surface area contributed by atoms with Crippen molar-refractivity contribution in [2.75, 3.05) is 30.7 Å². The normalized spacial score (nSPS) is 19.9. The second-order valence-electron chi connectivity index (χ2n) is 7.31. The van der Waals surface area contributed by atoms with E-state index in [1.54, 1.807) is 16.9 Å². The summed E-state index contributed by atoms with van der Waals surface area (Å²) in [5.74, 6) is 2.33. The lowest BCUT2D eigenvalue weighted by atomic mass is 10.0. The van der Waals surface area contributed by atoms with Crippen LogP contribution in [0.3, 0.4) is 0 Å². The number of aromatic nitrogens is 4. The number of hydrogen-bond donors (Lipinski definition) is 2. The summed E-state index contributed by atoms with van der Waals surface area (Å²) >= 11 is 1.86. The maximum Gasteiger partial charge on any atom is 0.290 e. The zero-order valence-corrected chi connectivity index (χ0v) is 16.7. The summed E-state index contributed by atoms with van der Waals surface area (Å²) in [6.45, 7) is 3.05. The SMILES string of the molecule is O=c1[nH]ccnc1NCC1CCCCN1CCn1nc2c(cc1=O)CSCC2. The number of likely N-dealkylation sites (tertiary alicyclic amines) is 1. The van der Waals surface area contributed by atoms with Crippen molar-refractivity contribution in [2.45, 2.75) is 44.0 Å². The third kappa shape index (κ3) is 4.47. The van der Waals surface area contributed by atoms with Gasteiger partial charge in [-0.25, -0.2) is 9.67 Å². The van der Waals surface area contributed by atoms with Gasteiger partial charge in [-0.3, -0.25) is 14.5 Å². The van der Waals surface area contributed by atoms with Gasteiger partial charge in [0.15, 0.2) is 5.82 Å². The van der Waals surface area contributed by atoms with Crippen molar-refractivity contribution in [1.82, 2.24) is 24.6 Å². The maximum atomic E-state index is 12.4. The van der Waals surface area contributed by atoms with Crippen molar-refractivity contribution in [3.05, 3.63) is 50.4 Å². The van der Waals surface area contributed by atoms with Crippen molar-refractivity contribution in [2.24, 2.45) is 0 Å². The quantitative estimate of drug-likeness (QED) is 0.746. The second kappa shape index (κ2) is 8.91. The molecule has 0 aromatic carbocycles. The van der Waals surface area contributed by atoms with E-state index in [4.69, 9.17) is 0 Å². The van der Waals surface area contributed by atoms with Crippen LogP contribution in [0.25, 0.3) is 0 Å². The van der Waals surface area contributed by atoms with Crippen LogP contribution in [0.1, 0.15) is 30.5 Å². The van der Waals surface area contributed by atoms with E-state index in [0.717, 1.165) is 55.1 Å². The van der Waals surface area contributed by atoms with Crippen LogP contribution in [0.2, 0.25) is 0 Å². The van der Waals surface area contributed by atoms with E-state index >= 15 is 0 Å². The second-order valence-corrected chi connectivity index (χ2v) is 8.42. The summed E-state index contributed by atoms with van der Waals surface area (Å²) in [6, 6.07) is 2.08. The first-order chi connectivity index (χ1) is 13.7. The Labute approximate surface area is 167 Å². The van der Waals surface area contributed by atoms with Crippen LogP contribution in [-0.4, -0.2) is 56.1 Å². The van der Waals surface area contributed by atoms with E-state index in [1.807, 2.05) is 11.8 Å². The Hall–Kier alpha value is -2.13. The molecule has 0 saturated carbocycles. The fraction of sp³-hybridized carbons (Fsp3) is 0.579. The fourth-order valence-electron chi connectivity index (χ4n) is 3.91. The smallest absolute Gasteiger partial charge is 0.290 e. The van der Waals surface area contributed by atoms with E-state index in [2.05, 4.69) is 25.3 Å². The summed E-state index contributed by atoms with van der Waals surface area (Å²) in [7, 11) is 0. The third-order valence-electron chi connectivity index (χ3n) is 5.47. The first-order valence-electron chi connectivity index (χ1n) is 9.90. The molecular weight excluding hydrogens is 376 g/mol. The molecule has 150 valence electrons. The molecule has 8 nitrogen and oxygen atoms in total. The number of hydrogen-bond acceptors (Lipinski definition) is 7. The first-order valence-corrected chi connectivity index (χ1v) is 11.1. The van der Waals surface area contributed by atoms with Gasteiger partial charge in [0, 0.05) is 49.8 Å². The highest BCUT2D eigenvalue weighted by molar-refractivity contribution is 7.98. The third-order valence-corrected chi connectivity index (χ3v) is 6.47. The van der Waals surface area contributed by atoms with Crippen LogP contribution in [-0.2, 0) is 18.7 Å². The molecule has 2 aromatic rings. The Morgan fingerprint density at radius 2 is 2.21 bits per heavy atom. The Kier molecular flexibility index (Phi) is 6.11. The Balaban J connectivity index is 1.39. The molecule has 2 aromatic heterocycles. The van der Waals surface area contributed by atoms with Crippen molar-refractivity contribution in [1.29, 1.82) is 0 Å². The van der Waals surface area contributed by atoms with Crippen LogP contribution in [0, 0.1) is 0 Å². The van der Waals surface area contributed by atoms with Gasteiger partial charge in [0.1, 0.15) is 0 Å². The fourth-order valence-corrected chi connectivity index (χ4v) is 4.87. The highest BCUT2D eigenvalue weighted by atomic mass is 32.2. The molecule has 1 fully saturated rings. The number of piperidine rings is 1. The molecule has 2 aliphatic heterocycles. The summed E-state index contributed by atoms with van der Waals surface area (Å²) in [4.78, 5) is 33.3. The van der Waals surface area contributed by atoms with Crippen molar-refractivity contribution in [3.8, 4) is 0 Å². The highest BCUT2D eigenvalue weighted by Gasteiger charge is 2.23. The molecule has 4 rings (SSSR count). The molecule has 2 N–H and O–H groups in total. The van der Waals surface area contributed by atoms with Crippen LogP contribution in [0.5, 0.6) is 0 Å². The van der Waals surface area contributed by atoms with Crippen LogP contribution in [0.15, 0.2) is 28.0 Å². The molecule has 0 amide bonds. The minimum atomic E-state index is -0.201. The predicted octanol–water partition coefficient (Wildman–Crippen LogP) is 1.08. The summed E-state index contributed by atoms with van der Waals surface area (Å²) in [6.07, 6.45) is 7.45. The van der Waals surface area contributed by atoms with E-state index < -0.39 is 0 Å². The molecule has 0 aliphatic carbocycles. The molecule has 1 saturated heterocycles. The van der Waals surface area contributed by atoms with E-state index in [9.17, 15) is 9.59 Å². The van der Waals surface area contributed by atoms with Crippen molar-refractivity contribution in [3.63, 3.8) is 0 Å². The molecule has 1 atom stereocenters. The number of H-pyrrole nitrogens is 1. The van der Waals surface area contributed by atoms with Gasteiger partial charge in [-0.15, -0.1) is 0 Å². The van der Waals surface area contributed by atoms with E-state index in [0.29, 0.717) is 24.9 Å². The van der Waals surface area contributed by atoms with Gasteiger partial charge in [0.25, 0.3) is 11.1 Å².